The van der Waals surface area contributed by atoms with Gasteiger partial charge in [-0.25, -0.2) is 4.79 Å². The Balaban J connectivity index is 2.58. The molecule has 374 valence electrons. The van der Waals surface area contributed by atoms with Gasteiger partial charge in [-0.2, -0.15) is 0 Å². The van der Waals surface area contributed by atoms with Crippen LogP contribution in [-0.2, 0) is 47.9 Å². The van der Waals surface area contributed by atoms with Gasteiger partial charge in [0.2, 0.25) is 53.2 Å². The minimum atomic E-state index is -1.73. The maximum Gasteiger partial charge on any atom is 0.327 e. The Morgan fingerprint density at radius 1 is 0.652 bits per heavy atom. The normalized spacial score (nSPS) is 27.7. The summed E-state index contributed by atoms with van der Waals surface area (Å²) in [5, 5.41) is 47.5. The van der Waals surface area contributed by atoms with Gasteiger partial charge in [-0.3, -0.25) is 43.2 Å². The van der Waals surface area contributed by atoms with Crippen LogP contribution in [0.5, 0.6) is 0 Å². The Kier molecular flexibility index (Phi) is 25.8. The van der Waals surface area contributed by atoms with Gasteiger partial charge in [-0.05, 0) is 76.8 Å². The molecule has 0 spiro atoms. The first-order chi connectivity index (χ1) is 31.3. The monoisotopic (exact) mass is 976 g/mol. The maximum absolute atomic E-state index is 13.8. The van der Waals surface area contributed by atoms with Gasteiger partial charge in [0, 0.05) is 18.1 Å². The summed E-state index contributed by atoms with van der Waals surface area (Å²) in [4.78, 5) is 134. The molecular weight excluding hydrogens is 909 g/mol. The van der Waals surface area contributed by atoms with Crippen molar-refractivity contribution in [2.45, 2.75) is 132 Å². The summed E-state index contributed by atoms with van der Waals surface area (Å²) < 4.78 is 0. The standard InChI is InChI=1S/C39H68N12O13S2/c1-20(2)14-24-34(58)50-28(39(63)64)19-66-65-18-21(42)31(55)44-22(8-3-5-11-40)32(56)45-23(9-4-6-12-41)33(57)47-25(15-30(43)54)35(59)49-27(17-53)38(62)51-13-7-10-29(51)37(61)48-26(16-52)36(60)46-24/h20-29,52-53H,3-19,40-42H2,1-2H3,(H2,43,54)(H,44,55)(H,45,56)(H,46,60)(H,47,57)(H,48,61)(H,49,59)(H,50,58)(H,63,64)/t21-,22-,23-,24-,25-,26-,27-,28-,29-/m0/s1. The van der Waals surface area contributed by atoms with E-state index in [9.17, 15) is 63.3 Å². The van der Waals surface area contributed by atoms with Crippen molar-refractivity contribution in [2.24, 2.45) is 28.9 Å². The van der Waals surface area contributed by atoms with Crippen molar-refractivity contribution >= 4 is 80.7 Å². The van der Waals surface area contributed by atoms with Crippen molar-refractivity contribution in [1.82, 2.24) is 42.1 Å². The van der Waals surface area contributed by atoms with Crippen molar-refractivity contribution in [3.05, 3.63) is 0 Å². The van der Waals surface area contributed by atoms with Gasteiger partial charge >= 0.3 is 5.97 Å². The Morgan fingerprint density at radius 2 is 1.12 bits per heavy atom. The third-order valence-corrected chi connectivity index (χ3v) is 13.0. The van der Waals surface area contributed by atoms with E-state index in [4.69, 9.17) is 22.9 Å². The number of aliphatic carboxylic acids is 1. The summed E-state index contributed by atoms with van der Waals surface area (Å²) in [6.07, 6.45) is 1.21. The lowest BCUT2D eigenvalue weighted by atomic mass is 10.0. The van der Waals surface area contributed by atoms with Crippen molar-refractivity contribution in [1.29, 1.82) is 0 Å². The highest BCUT2D eigenvalue weighted by Gasteiger charge is 2.40. The van der Waals surface area contributed by atoms with Crippen LogP contribution in [0.3, 0.4) is 0 Å². The molecule has 2 saturated heterocycles. The molecule has 27 heteroatoms. The lowest BCUT2D eigenvalue weighted by Crippen LogP contribution is -2.61. The Labute approximate surface area is 390 Å². The van der Waals surface area contributed by atoms with E-state index in [-0.39, 0.29) is 69.2 Å². The number of carbonyl (C=O) groups excluding carboxylic acids is 9. The number of fused-ring (bicyclic) bond motifs is 1. The van der Waals surface area contributed by atoms with Gasteiger partial charge in [0.25, 0.3) is 0 Å². The van der Waals surface area contributed by atoms with Gasteiger partial charge in [-0.15, -0.1) is 0 Å². The van der Waals surface area contributed by atoms with Gasteiger partial charge in [0.05, 0.1) is 25.7 Å². The molecule has 0 aliphatic carbocycles. The Hall–Kier alpha value is -4.80. The van der Waals surface area contributed by atoms with Crippen molar-refractivity contribution in [3.8, 4) is 0 Å². The van der Waals surface area contributed by atoms with Crippen LogP contribution in [0.1, 0.15) is 78.1 Å². The summed E-state index contributed by atoms with van der Waals surface area (Å²) in [5.41, 5.74) is 22.9. The zero-order chi connectivity index (χ0) is 49.5. The smallest absolute Gasteiger partial charge is 0.327 e. The molecule has 0 aromatic carbocycles. The second-order valence-electron chi connectivity index (χ2n) is 16.4. The number of aliphatic hydroxyl groups is 2. The maximum atomic E-state index is 13.8. The number of amides is 9. The van der Waals surface area contributed by atoms with E-state index in [1.54, 1.807) is 13.8 Å². The van der Waals surface area contributed by atoms with Crippen LogP contribution in [0, 0.1) is 5.92 Å². The van der Waals surface area contributed by atoms with Crippen LogP contribution in [0.2, 0.25) is 0 Å². The molecule has 2 heterocycles. The highest BCUT2D eigenvalue weighted by atomic mass is 33.1. The molecule has 0 unspecified atom stereocenters. The molecule has 2 rings (SSSR count). The molecule has 2 aliphatic rings. The number of rotatable bonds is 15. The van der Waals surface area contributed by atoms with Gasteiger partial charge in [-0.1, -0.05) is 35.4 Å². The molecule has 25 nitrogen and oxygen atoms in total. The van der Waals surface area contributed by atoms with Gasteiger partial charge in [0.15, 0.2) is 0 Å². The number of unbranched alkanes of at least 4 members (excludes halogenated alkanes) is 2. The molecule has 66 heavy (non-hydrogen) atoms. The molecule has 0 bridgehead atoms. The molecule has 9 amide bonds. The lowest BCUT2D eigenvalue weighted by Gasteiger charge is -2.30. The van der Waals surface area contributed by atoms with Crippen LogP contribution < -0.4 is 60.2 Å². The molecule has 9 atom stereocenters. The number of carboxylic acids is 1. The topological polar surface area (TPSA) is 423 Å². The molecule has 2 aliphatic heterocycles. The molecule has 0 aromatic heterocycles. The number of nitrogens with zero attached hydrogens (tertiary/aromatic N) is 1. The Bertz CT molecular complexity index is 1700. The van der Waals surface area contributed by atoms with E-state index in [0.29, 0.717) is 25.7 Å². The predicted molar refractivity (Wildman–Crippen MR) is 242 cm³/mol. The summed E-state index contributed by atoms with van der Waals surface area (Å²) in [5.74, 6) is -10.3. The molecule has 0 saturated carbocycles. The fourth-order valence-electron chi connectivity index (χ4n) is 6.92. The largest absolute Gasteiger partial charge is 0.480 e. The van der Waals surface area contributed by atoms with E-state index in [2.05, 4.69) is 37.2 Å². The SMILES string of the molecule is CC(C)C[C@@H]1NC(=O)[C@H](CO)NC(=O)[C@@H]2CCCN2C(=O)[C@H](CO)NC(=O)[C@H](CC(N)=O)NC(=O)[C@H](CCCCN)NC(=O)[C@H](CCCCN)NC(=O)[C@@H](N)CSSC[C@@H](C(=O)O)NC1=O. The number of aliphatic hydroxyl groups excluding tert-OH is 2. The van der Waals surface area contributed by atoms with Gasteiger partial charge < -0.3 is 80.4 Å². The zero-order valence-electron chi connectivity index (χ0n) is 37.3. The van der Waals surface area contributed by atoms with E-state index in [1.165, 1.54) is 0 Å². The van der Waals surface area contributed by atoms with Crippen LogP contribution in [0.15, 0.2) is 0 Å². The number of carboxylic acid groups (broad SMARTS) is 1. The summed E-state index contributed by atoms with van der Waals surface area (Å²) in [6.45, 7) is 1.99. The number of hydrogen-bond donors (Lipinski definition) is 14. The highest BCUT2D eigenvalue weighted by Crippen LogP contribution is 2.23. The second-order valence-corrected chi connectivity index (χ2v) is 18.9. The first-order valence-corrected chi connectivity index (χ1v) is 24.3. The third kappa shape index (κ3) is 19.2. The average Bonchev–Trinajstić information content (AvgIpc) is 3.76. The molecule has 2 fully saturated rings. The van der Waals surface area contributed by atoms with Crippen LogP contribution in [0.25, 0.3) is 0 Å². The van der Waals surface area contributed by atoms with Crippen LogP contribution >= 0.6 is 21.6 Å². The molecule has 0 radical (unpaired) electrons. The minimum Gasteiger partial charge on any atom is -0.480 e. The van der Waals surface area contributed by atoms with E-state index in [1.807, 2.05) is 0 Å². The third-order valence-electron chi connectivity index (χ3n) is 10.5. The first kappa shape index (κ1) is 57.3. The summed E-state index contributed by atoms with van der Waals surface area (Å²) >= 11 is 0. The number of hydrogen-bond acceptors (Lipinski definition) is 17. The summed E-state index contributed by atoms with van der Waals surface area (Å²) in [7, 11) is 1.99. The van der Waals surface area contributed by atoms with Crippen LogP contribution in [0.4, 0.5) is 0 Å². The Morgan fingerprint density at radius 3 is 1.65 bits per heavy atom. The second kappa shape index (κ2) is 29.8. The molecule has 0 aromatic rings. The fraction of sp³-hybridized carbons (Fsp3) is 0.744. The fourth-order valence-corrected chi connectivity index (χ4v) is 9.19. The number of nitrogens with two attached hydrogens (primary N) is 4. The number of carbonyl (C=O) groups is 10. The predicted octanol–water partition coefficient (Wildman–Crippen LogP) is -5.66. The molecular formula is C39H68N12O13S2. The zero-order valence-corrected chi connectivity index (χ0v) is 38.9. The van der Waals surface area contributed by atoms with Crippen LogP contribution in [-0.4, -0.2) is 178 Å². The summed E-state index contributed by atoms with van der Waals surface area (Å²) in [6, 6.07) is -13.0. The minimum absolute atomic E-state index is 0.0122. The van der Waals surface area contributed by atoms with E-state index in [0.717, 1.165) is 26.5 Å². The van der Waals surface area contributed by atoms with Crippen molar-refractivity contribution in [2.75, 3.05) is 44.4 Å². The van der Waals surface area contributed by atoms with Crippen molar-refractivity contribution in [3.63, 3.8) is 0 Å². The average molecular weight is 977 g/mol. The number of nitrogens with one attached hydrogen (secondary N) is 7. The van der Waals surface area contributed by atoms with Gasteiger partial charge in [0.1, 0.15) is 48.3 Å². The number of primary amides is 1. The lowest BCUT2D eigenvalue weighted by molar-refractivity contribution is -0.143. The van der Waals surface area contributed by atoms with E-state index >= 15 is 0 Å². The van der Waals surface area contributed by atoms with E-state index < -0.39 is 133 Å². The molecule has 18 N–H and O–H groups in total. The first-order valence-electron chi connectivity index (χ1n) is 21.8. The van der Waals surface area contributed by atoms with Crippen molar-refractivity contribution < 1.29 is 63.3 Å². The quantitative estimate of drug-likeness (QED) is 0.0537. The highest BCUT2D eigenvalue weighted by molar-refractivity contribution is 8.76.